The lowest BCUT2D eigenvalue weighted by atomic mass is 10.0. The Hall–Kier alpha value is -3.74. The number of nitrogens with zero attached hydrogens (tertiary/aromatic N) is 5. The van der Waals surface area contributed by atoms with Crippen LogP contribution in [0, 0.1) is 13.8 Å². The maximum Gasteiger partial charge on any atom is 0.293 e. The highest BCUT2D eigenvalue weighted by atomic mass is 16.2. The summed E-state index contributed by atoms with van der Waals surface area (Å²) in [7, 11) is 0. The van der Waals surface area contributed by atoms with Crippen molar-refractivity contribution in [2.45, 2.75) is 52.0 Å². The quantitative estimate of drug-likeness (QED) is 0.467. The highest BCUT2D eigenvalue weighted by molar-refractivity contribution is 5.94. The Labute approximate surface area is 197 Å². The van der Waals surface area contributed by atoms with Crippen LogP contribution in [0.25, 0.3) is 16.6 Å². The van der Waals surface area contributed by atoms with E-state index in [1.807, 2.05) is 44.2 Å². The zero-order valence-corrected chi connectivity index (χ0v) is 19.5. The largest absolute Gasteiger partial charge is 0.311 e. The molecular weight excluding hydrogens is 426 g/mol. The summed E-state index contributed by atoms with van der Waals surface area (Å²) in [4.78, 5) is 28.9. The molecule has 0 unspecified atom stereocenters. The van der Waals surface area contributed by atoms with Gasteiger partial charge in [-0.3, -0.25) is 9.59 Å². The zero-order valence-electron chi connectivity index (χ0n) is 19.5. The highest BCUT2D eigenvalue weighted by Gasteiger charge is 2.31. The van der Waals surface area contributed by atoms with Gasteiger partial charge in [0.25, 0.3) is 5.56 Å². The van der Waals surface area contributed by atoms with E-state index in [9.17, 15) is 9.59 Å². The average Bonchev–Trinajstić information content (AvgIpc) is 3.59. The predicted molar refractivity (Wildman–Crippen MR) is 132 cm³/mol. The van der Waals surface area contributed by atoms with Crippen LogP contribution in [0.15, 0.2) is 53.5 Å². The molecule has 0 N–H and O–H groups in total. The van der Waals surface area contributed by atoms with Gasteiger partial charge in [0.15, 0.2) is 0 Å². The third kappa shape index (κ3) is 3.43. The van der Waals surface area contributed by atoms with Crippen LogP contribution in [0.5, 0.6) is 0 Å². The average molecular weight is 454 g/mol. The van der Waals surface area contributed by atoms with Crippen molar-refractivity contribution in [3.8, 4) is 5.69 Å². The monoisotopic (exact) mass is 453 g/mol. The fourth-order valence-electron chi connectivity index (χ4n) is 5.09. The molecule has 2 aromatic heterocycles. The molecule has 0 radical (unpaired) electrons. The summed E-state index contributed by atoms with van der Waals surface area (Å²) >= 11 is 0. The van der Waals surface area contributed by atoms with Crippen molar-refractivity contribution >= 4 is 22.5 Å². The van der Waals surface area contributed by atoms with E-state index >= 15 is 0 Å². The molecule has 0 bridgehead atoms. The van der Waals surface area contributed by atoms with Gasteiger partial charge in [0.05, 0.1) is 17.6 Å². The molecule has 1 saturated carbocycles. The maximum atomic E-state index is 13.7. The Morgan fingerprint density at radius 1 is 1.09 bits per heavy atom. The molecule has 0 atom stereocenters. The Kier molecular flexibility index (Phi) is 4.86. The van der Waals surface area contributed by atoms with E-state index in [1.165, 1.54) is 10.2 Å². The van der Waals surface area contributed by atoms with E-state index < -0.39 is 0 Å². The molecule has 34 heavy (non-hydrogen) atoms. The molecule has 172 valence electrons. The predicted octanol–water partition coefficient (Wildman–Crippen LogP) is 4.06. The van der Waals surface area contributed by atoms with Crippen molar-refractivity contribution in [1.29, 1.82) is 0 Å². The summed E-state index contributed by atoms with van der Waals surface area (Å²) in [5, 5.41) is 10.1. The van der Waals surface area contributed by atoms with E-state index in [0.717, 1.165) is 59.3 Å². The molecule has 4 aromatic rings. The Morgan fingerprint density at radius 2 is 1.91 bits per heavy atom. The third-order valence-corrected chi connectivity index (χ3v) is 6.95. The van der Waals surface area contributed by atoms with Crippen molar-refractivity contribution in [1.82, 2.24) is 19.6 Å². The van der Waals surface area contributed by atoms with Crippen LogP contribution in [0.4, 0.5) is 5.69 Å². The molecule has 0 saturated heterocycles. The van der Waals surface area contributed by atoms with E-state index in [4.69, 9.17) is 5.10 Å². The lowest BCUT2D eigenvalue weighted by molar-refractivity contribution is -0.119. The number of benzene rings is 2. The van der Waals surface area contributed by atoms with Gasteiger partial charge in [-0.05, 0) is 62.8 Å². The van der Waals surface area contributed by atoms with E-state index in [0.29, 0.717) is 18.0 Å². The number of amides is 1. The van der Waals surface area contributed by atoms with Gasteiger partial charge in [-0.2, -0.15) is 10.2 Å². The van der Waals surface area contributed by atoms with Gasteiger partial charge in [-0.1, -0.05) is 35.9 Å². The van der Waals surface area contributed by atoms with Gasteiger partial charge < -0.3 is 4.90 Å². The summed E-state index contributed by atoms with van der Waals surface area (Å²) in [6.07, 6.45) is 5.72. The van der Waals surface area contributed by atoms with Gasteiger partial charge in [0.2, 0.25) is 5.91 Å². The second-order valence-electron chi connectivity index (χ2n) is 9.51. The molecule has 1 fully saturated rings. The molecule has 3 heterocycles. The molecule has 2 aromatic carbocycles. The molecule has 6 rings (SSSR count). The third-order valence-electron chi connectivity index (χ3n) is 6.95. The van der Waals surface area contributed by atoms with Crippen molar-refractivity contribution in [2.24, 2.45) is 0 Å². The highest BCUT2D eigenvalue weighted by Crippen LogP contribution is 2.41. The summed E-state index contributed by atoms with van der Waals surface area (Å²) in [5.74, 6) is 0.206. The van der Waals surface area contributed by atoms with Crippen molar-refractivity contribution < 1.29 is 4.79 Å². The van der Waals surface area contributed by atoms with Crippen molar-refractivity contribution in [3.05, 3.63) is 81.4 Å². The first-order valence-corrected chi connectivity index (χ1v) is 12.0. The second kappa shape index (κ2) is 7.94. The number of hydrogen-bond donors (Lipinski definition) is 0. The van der Waals surface area contributed by atoms with Gasteiger partial charge >= 0.3 is 0 Å². The molecule has 1 amide bonds. The van der Waals surface area contributed by atoms with Crippen LogP contribution in [-0.4, -0.2) is 32.0 Å². The SMILES string of the molecule is Cc1ccc(-n2ncc3c(C4CC4)nn(CC(=O)N4CCCc5ccccc54)c(=O)c32)c(C)c1. The first kappa shape index (κ1) is 20.8. The molecule has 2 aliphatic rings. The standard InChI is InChI=1S/C27H27N5O2/c1-17-9-12-22(18(2)14-17)32-26-21(15-28-32)25(20-10-11-20)29-31(27(26)34)16-24(33)30-13-5-7-19-6-3-4-8-23(19)30/h3-4,6,8-9,12,14-15,20H,5,7,10-11,13,16H2,1-2H3. The van der Waals surface area contributed by atoms with Gasteiger partial charge in [-0.15, -0.1) is 0 Å². The van der Waals surface area contributed by atoms with Crippen molar-refractivity contribution in [2.75, 3.05) is 11.4 Å². The van der Waals surface area contributed by atoms with Crippen molar-refractivity contribution in [3.63, 3.8) is 0 Å². The number of carbonyl (C=O) groups excluding carboxylic acids is 1. The first-order valence-electron chi connectivity index (χ1n) is 12.0. The zero-order chi connectivity index (χ0) is 23.4. The number of carbonyl (C=O) groups is 1. The van der Waals surface area contributed by atoms with Gasteiger partial charge in [0, 0.05) is 23.5 Å². The number of hydrogen-bond acceptors (Lipinski definition) is 4. The normalized spacial score (nSPS) is 15.5. The van der Waals surface area contributed by atoms with Crippen LogP contribution in [0.1, 0.15) is 47.6 Å². The van der Waals surface area contributed by atoms with Crippen LogP contribution in [-0.2, 0) is 17.8 Å². The second-order valence-corrected chi connectivity index (χ2v) is 9.51. The minimum atomic E-state index is -0.282. The number of aromatic nitrogens is 4. The fourth-order valence-corrected chi connectivity index (χ4v) is 5.09. The number of rotatable bonds is 4. The van der Waals surface area contributed by atoms with E-state index in [1.54, 1.807) is 15.8 Å². The van der Waals surface area contributed by atoms with E-state index in [-0.39, 0.29) is 18.0 Å². The van der Waals surface area contributed by atoms with Gasteiger partial charge in [-0.25, -0.2) is 9.36 Å². The van der Waals surface area contributed by atoms with Crippen LogP contribution < -0.4 is 10.5 Å². The fraction of sp³-hybridized carbons (Fsp3) is 0.333. The summed E-state index contributed by atoms with van der Waals surface area (Å²) in [6, 6.07) is 14.1. The topological polar surface area (TPSA) is 73.0 Å². The van der Waals surface area contributed by atoms with Gasteiger partial charge in [0.1, 0.15) is 12.1 Å². The summed E-state index contributed by atoms with van der Waals surface area (Å²) in [6.45, 7) is 4.64. The molecule has 7 nitrogen and oxygen atoms in total. The molecule has 1 aliphatic heterocycles. The Bertz CT molecular complexity index is 1490. The summed E-state index contributed by atoms with van der Waals surface area (Å²) < 4.78 is 3.08. The van der Waals surface area contributed by atoms with Crippen LogP contribution in [0.2, 0.25) is 0 Å². The van der Waals surface area contributed by atoms with Crippen LogP contribution >= 0.6 is 0 Å². The van der Waals surface area contributed by atoms with E-state index in [2.05, 4.69) is 17.2 Å². The lowest BCUT2D eigenvalue weighted by Gasteiger charge is -2.29. The molecule has 7 heteroatoms. The minimum absolute atomic E-state index is 0.0825. The smallest absolute Gasteiger partial charge is 0.293 e. The summed E-state index contributed by atoms with van der Waals surface area (Å²) in [5.41, 5.74) is 6.27. The maximum absolute atomic E-state index is 13.7. The van der Waals surface area contributed by atoms with Crippen LogP contribution in [0.3, 0.4) is 0 Å². The number of aryl methyl sites for hydroxylation is 3. The molecule has 1 aliphatic carbocycles. The Morgan fingerprint density at radius 3 is 2.71 bits per heavy atom. The lowest BCUT2D eigenvalue weighted by Crippen LogP contribution is -2.40. The molecule has 0 spiro atoms. The minimum Gasteiger partial charge on any atom is -0.311 e. The number of anilines is 1. The number of fused-ring (bicyclic) bond motifs is 2. The molecular formula is C27H27N5O2. The first-order chi connectivity index (χ1) is 16.5. The Balaban J connectivity index is 1.45. The number of para-hydroxylation sites is 1.